The molecular formula is C25H19N5O. The molecule has 0 radical (unpaired) electrons. The van der Waals surface area contributed by atoms with Crippen molar-refractivity contribution in [3.63, 3.8) is 0 Å². The molecule has 2 heterocycles. The summed E-state index contributed by atoms with van der Waals surface area (Å²) in [6.45, 7) is 0. The molecule has 2 N–H and O–H groups in total. The fourth-order valence-electron chi connectivity index (χ4n) is 3.50. The molecule has 0 aliphatic rings. The summed E-state index contributed by atoms with van der Waals surface area (Å²) in [4.78, 5) is 16.0. The molecule has 0 aliphatic heterocycles. The van der Waals surface area contributed by atoms with Crippen molar-refractivity contribution >= 4 is 23.0 Å². The number of aromatic nitrogens is 3. The Labute approximate surface area is 178 Å². The van der Waals surface area contributed by atoms with E-state index in [1.54, 1.807) is 17.0 Å². The number of aromatic amines is 1. The van der Waals surface area contributed by atoms with E-state index >= 15 is 0 Å². The Balaban J connectivity index is 1.52. The van der Waals surface area contributed by atoms with Crippen LogP contribution in [0, 0.1) is 0 Å². The quantitative estimate of drug-likeness (QED) is 0.326. The minimum atomic E-state index is -0.372. The van der Waals surface area contributed by atoms with Gasteiger partial charge in [-0.05, 0) is 29.8 Å². The molecule has 31 heavy (non-hydrogen) atoms. The molecular weight excluding hydrogens is 386 g/mol. The lowest BCUT2D eigenvalue weighted by molar-refractivity contribution is 0.0949. The SMILES string of the molecule is O=C(NN=Cc1ccccc1)c1cc(-c2c[nH]c3ccccc23)n(-c2ccccc2)n1. The predicted octanol–water partition coefficient (Wildman–Crippen LogP) is 4.78. The van der Waals surface area contributed by atoms with E-state index in [4.69, 9.17) is 0 Å². The first-order valence-electron chi connectivity index (χ1n) is 9.90. The number of H-pyrrole nitrogens is 1. The number of fused-ring (bicyclic) bond motifs is 1. The Morgan fingerprint density at radius 2 is 1.65 bits per heavy atom. The van der Waals surface area contributed by atoms with Crippen LogP contribution < -0.4 is 5.43 Å². The van der Waals surface area contributed by atoms with Crippen molar-refractivity contribution in [2.75, 3.05) is 0 Å². The van der Waals surface area contributed by atoms with Gasteiger partial charge in [-0.15, -0.1) is 0 Å². The van der Waals surface area contributed by atoms with Crippen LogP contribution >= 0.6 is 0 Å². The second-order valence-electron chi connectivity index (χ2n) is 7.02. The number of hydrogen-bond donors (Lipinski definition) is 2. The lowest BCUT2D eigenvalue weighted by Gasteiger charge is -2.06. The standard InChI is InChI=1S/C25H19N5O/c31-25(28-27-16-18-9-3-1-4-10-18)23-15-24(30(29-23)19-11-5-2-6-12-19)21-17-26-22-14-8-7-13-20(21)22/h1-17,26H,(H,28,31). The summed E-state index contributed by atoms with van der Waals surface area (Å²) < 4.78 is 1.78. The molecule has 2 aromatic heterocycles. The summed E-state index contributed by atoms with van der Waals surface area (Å²) in [5, 5.41) is 9.71. The highest BCUT2D eigenvalue weighted by Gasteiger charge is 2.18. The van der Waals surface area contributed by atoms with Gasteiger partial charge in [0.1, 0.15) is 0 Å². The van der Waals surface area contributed by atoms with Gasteiger partial charge in [-0.25, -0.2) is 10.1 Å². The van der Waals surface area contributed by atoms with Gasteiger partial charge in [0.2, 0.25) is 0 Å². The fourth-order valence-corrected chi connectivity index (χ4v) is 3.50. The number of benzene rings is 3. The van der Waals surface area contributed by atoms with Crippen LogP contribution in [-0.4, -0.2) is 26.9 Å². The highest BCUT2D eigenvalue weighted by atomic mass is 16.2. The number of hydrogen-bond acceptors (Lipinski definition) is 3. The number of hydrazone groups is 1. The van der Waals surface area contributed by atoms with E-state index < -0.39 is 0 Å². The van der Waals surface area contributed by atoms with Crippen molar-refractivity contribution in [1.29, 1.82) is 0 Å². The summed E-state index contributed by atoms with van der Waals surface area (Å²) in [7, 11) is 0. The Morgan fingerprint density at radius 1 is 0.935 bits per heavy atom. The molecule has 6 heteroatoms. The molecule has 3 aromatic carbocycles. The zero-order chi connectivity index (χ0) is 21.0. The Bertz CT molecular complexity index is 1370. The third-order valence-electron chi connectivity index (χ3n) is 4.99. The largest absolute Gasteiger partial charge is 0.360 e. The van der Waals surface area contributed by atoms with E-state index in [2.05, 4.69) is 20.6 Å². The molecule has 5 rings (SSSR count). The molecule has 0 saturated carbocycles. The number of para-hydroxylation sites is 2. The van der Waals surface area contributed by atoms with Crippen LogP contribution in [0.5, 0.6) is 0 Å². The third-order valence-corrected chi connectivity index (χ3v) is 4.99. The molecule has 5 aromatic rings. The molecule has 6 nitrogen and oxygen atoms in total. The molecule has 0 saturated heterocycles. The third kappa shape index (κ3) is 3.74. The first kappa shape index (κ1) is 18.6. The number of nitrogens with zero attached hydrogens (tertiary/aromatic N) is 3. The average molecular weight is 405 g/mol. The van der Waals surface area contributed by atoms with Gasteiger partial charge in [-0.1, -0.05) is 66.7 Å². The van der Waals surface area contributed by atoms with Crippen LogP contribution in [0.15, 0.2) is 102 Å². The molecule has 0 atom stereocenters. The summed E-state index contributed by atoms with van der Waals surface area (Å²) in [5.41, 5.74) is 7.44. The number of nitrogens with one attached hydrogen (secondary N) is 2. The smallest absolute Gasteiger partial charge is 0.291 e. The highest BCUT2D eigenvalue weighted by Crippen LogP contribution is 2.30. The number of amides is 1. The second-order valence-corrected chi connectivity index (χ2v) is 7.02. The van der Waals surface area contributed by atoms with Crippen LogP contribution in [0.2, 0.25) is 0 Å². The van der Waals surface area contributed by atoms with Gasteiger partial charge in [-0.2, -0.15) is 10.2 Å². The minimum absolute atomic E-state index is 0.286. The second kappa shape index (κ2) is 8.12. The zero-order valence-corrected chi connectivity index (χ0v) is 16.6. The number of rotatable bonds is 5. The van der Waals surface area contributed by atoms with Crippen molar-refractivity contribution in [2.24, 2.45) is 5.10 Å². The summed E-state index contributed by atoms with van der Waals surface area (Å²) >= 11 is 0. The van der Waals surface area contributed by atoms with Gasteiger partial charge in [0.05, 0.1) is 17.6 Å². The van der Waals surface area contributed by atoms with Crippen molar-refractivity contribution in [2.45, 2.75) is 0 Å². The topological polar surface area (TPSA) is 75.1 Å². The van der Waals surface area contributed by atoms with Gasteiger partial charge >= 0.3 is 0 Å². The zero-order valence-electron chi connectivity index (χ0n) is 16.6. The Kier molecular flexibility index (Phi) is 4.86. The average Bonchev–Trinajstić information content (AvgIpc) is 3.45. The minimum Gasteiger partial charge on any atom is -0.360 e. The van der Waals surface area contributed by atoms with E-state index in [1.165, 1.54) is 0 Å². The van der Waals surface area contributed by atoms with Crippen LogP contribution in [0.25, 0.3) is 27.8 Å². The molecule has 150 valence electrons. The maximum absolute atomic E-state index is 12.8. The number of carbonyl (C=O) groups excluding carboxylic acids is 1. The van der Waals surface area contributed by atoms with E-state index in [9.17, 15) is 4.79 Å². The lowest BCUT2D eigenvalue weighted by atomic mass is 10.1. The van der Waals surface area contributed by atoms with Crippen LogP contribution in [0.1, 0.15) is 16.1 Å². The summed E-state index contributed by atoms with van der Waals surface area (Å²) in [6.07, 6.45) is 3.54. The van der Waals surface area contributed by atoms with Crippen LogP contribution in [0.4, 0.5) is 0 Å². The van der Waals surface area contributed by atoms with Gasteiger partial charge in [0.25, 0.3) is 5.91 Å². The molecule has 0 bridgehead atoms. The van der Waals surface area contributed by atoms with Crippen molar-refractivity contribution in [1.82, 2.24) is 20.2 Å². The molecule has 0 spiro atoms. The lowest BCUT2D eigenvalue weighted by Crippen LogP contribution is -2.18. The van der Waals surface area contributed by atoms with Crippen LogP contribution in [0.3, 0.4) is 0 Å². The van der Waals surface area contributed by atoms with E-state index in [0.29, 0.717) is 0 Å². The van der Waals surface area contributed by atoms with Crippen molar-refractivity contribution < 1.29 is 4.79 Å². The maximum Gasteiger partial charge on any atom is 0.291 e. The first-order chi connectivity index (χ1) is 15.3. The summed E-state index contributed by atoms with van der Waals surface area (Å²) in [6, 6.07) is 29.2. The number of carbonyl (C=O) groups is 1. The van der Waals surface area contributed by atoms with Crippen molar-refractivity contribution in [3.8, 4) is 16.9 Å². The van der Waals surface area contributed by atoms with E-state index in [0.717, 1.165) is 33.4 Å². The summed E-state index contributed by atoms with van der Waals surface area (Å²) in [5.74, 6) is -0.372. The molecule has 0 fully saturated rings. The van der Waals surface area contributed by atoms with Gasteiger partial charge in [-0.3, -0.25) is 4.79 Å². The normalized spacial score (nSPS) is 11.2. The molecule has 0 unspecified atom stereocenters. The maximum atomic E-state index is 12.8. The van der Waals surface area contributed by atoms with E-state index in [-0.39, 0.29) is 11.6 Å². The van der Waals surface area contributed by atoms with Gasteiger partial charge in [0.15, 0.2) is 5.69 Å². The Morgan fingerprint density at radius 3 is 2.45 bits per heavy atom. The highest BCUT2D eigenvalue weighted by molar-refractivity contribution is 5.98. The predicted molar refractivity (Wildman–Crippen MR) is 122 cm³/mol. The van der Waals surface area contributed by atoms with E-state index in [1.807, 2.05) is 91.1 Å². The van der Waals surface area contributed by atoms with Crippen LogP contribution in [-0.2, 0) is 0 Å². The molecule has 0 aliphatic carbocycles. The van der Waals surface area contributed by atoms with Crippen molar-refractivity contribution in [3.05, 3.63) is 108 Å². The monoisotopic (exact) mass is 405 g/mol. The first-order valence-corrected chi connectivity index (χ1v) is 9.90. The van der Waals surface area contributed by atoms with Gasteiger partial charge < -0.3 is 4.98 Å². The Hall–Kier alpha value is -4.45. The van der Waals surface area contributed by atoms with Gasteiger partial charge in [0, 0.05) is 22.7 Å². The molecule has 1 amide bonds. The fraction of sp³-hybridized carbons (Fsp3) is 0.